The molecule has 0 fully saturated rings. The lowest BCUT2D eigenvalue weighted by Crippen LogP contribution is -2.22. The van der Waals surface area contributed by atoms with E-state index in [-0.39, 0.29) is 5.91 Å². The first-order valence-corrected chi connectivity index (χ1v) is 10.2. The molecule has 0 aliphatic heterocycles. The second-order valence-electron chi connectivity index (χ2n) is 6.53. The number of ether oxygens (including phenoxy) is 1. The average Bonchev–Trinajstić information content (AvgIpc) is 3.39. The van der Waals surface area contributed by atoms with Gasteiger partial charge in [-0.05, 0) is 29.0 Å². The fourth-order valence-corrected chi connectivity index (χ4v) is 3.98. The maximum atomic E-state index is 12.6. The summed E-state index contributed by atoms with van der Waals surface area (Å²) >= 11 is 1.56. The van der Waals surface area contributed by atoms with Gasteiger partial charge in [-0.15, -0.1) is 0 Å². The van der Waals surface area contributed by atoms with Gasteiger partial charge in [0.2, 0.25) is 0 Å². The first kappa shape index (κ1) is 19.1. The molecule has 29 heavy (non-hydrogen) atoms. The van der Waals surface area contributed by atoms with E-state index < -0.39 is 0 Å². The number of benzene rings is 2. The lowest BCUT2D eigenvalue weighted by molar-refractivity contribution is 0.0921. The molecule has 0 spiro atoms. The predicted molar refractivity (Wildman–Crippen MR) is 113 cm³/mol. The Morgan fingerprint density at radius 1 is 1.21 bits per heavy atom. The summed E-state index contributed by atoms with van der Waals surface area (Å²) in [6, 6.07) is 15.5. The van der Waals surface area contributed by atoms with Gasteiger partial charge in [0.1, 0.15) is 11.5 Å². The fourth-order valence-electron chi connectivity index (χ4n) is 3.15. The number of amides is 1. The van der Waals surface area contributed by atoms with Crippen LogP contribution in [0.5, 0.6) is 5.75 Å². The number of aromatic nitrogens is 2. The van der Waals surface area contributed by atoms with Crippen LogP contribution in [0.1, 0.15) is 21.9 Å². The Morgan fingerprint density at radius 2 is 2.07 bits per heavy atom. The highest BCUT2D eigenvalue weighted by Gasteiger charge is 2.14. The van der Waals surface area contributed by atoms with E-state index in [1.165, 1.54) is 0 Å². The number of thioether (sulfide) groups is 1. The Morgan fingerprint density at radius 3 is 2.86 bits per heavy atom. The number of carbonyl (C=O) groups excluding carboxylic acids is 1. The number of methoxy groups -OCH3 is 1. The highest BCUT2D eigenvalue weighted by Crippen LogP contribution is 2.28. The van der Waals surface area contributed by atoms with Gasteiger partial charge < -0.3 is 19.0 Å². The van der Waals surface area contributed by atoms with Crippen LogP contribution >= 0.6 is 11.8 Å². The van der Waals surface area contributed by atoms with Crippen molar-refractivity contribution >= 4 is 28.4 Å². The van der Waals surface area contributed by atoms with Gasteiger partial charge in [-0.25, -0.2) is 4.98 Å². The zero-order valence-electron chi connectivity index (χ0n) is 16.2. The van der Waals surface area contributed by atoms with Crippen molar-refractivity contribution in [2.45, 2.75) is 17.5 Å². The van der Waals surface area contributed by atoms with Crippen molar-refractivity contribution in [1.82, 2.24) is 14.9 Å². The van der Waals surface area contributed by atoms with Crippen LogP contribution in [0.2, 0.25) is 0 Å². The quantitative estimate of drug-likeness (QED) is 0.460. The molecule has 0 radical (unpaired) electrons. The first-order valence-electron chi connectivity index (χ1n) is 9.17. The van der Waals surface area contributed by atoms with Crippen molar-refractivity contribution in [2.24, 2.45) is 7.05 Å². The van der Waals surface area contributed by atoms with E-state index in [1.54, 1.807) is 31.1 Å². The lowest BCUT2D eigenvalue weighted by Gasteiger charge is -2.12. The van der Waals surface area contributed by atoms with Gasteiger partial charge in [0, 0.05) is 31.5 Å². The fraction of sp³-hybridized carbons (Fsp3) is 0.182. The molecule has 1 N–H and O–H groups in total. The summed E-state index contributed by atoms with van der Waals surface area (Å²) in [5.74, 6) is 2.12. The van der Waals surface area contributed by atoms with Gasteiger partial charge in [-0.3, -0.25) is 4.79 Å². The van der Waals surface area contributed by atoms with Crippen molar-refractivity contribution in [1.29, 1.82) is 0 Å². The third kappa shape index (κ3) is 4.14. The summed E-state index contributed by atoms with van der Waals surface area (Å²) in [5, 5.41) is 5.99. The zero-order valence-corrected chi connectivity index (χ0v) is 17.0. The third-order valence-corrected chi connectivity index (χ3v) is 5.73. The summed E-state index contributed by atoms with van der Waals surface area (Å²) in [5.41, 5.74) is 0.941. The van der Waals surface area contributed by atoms with Crippen molar-refractivity contribution < 1.29 is 13.9 Å². The molecule has 0 atom stereocenters. The lowest BCUT2D eigenvalue weighted by atomic mass is 10.0. The van der Waals surface area contributed by atoms with Gasteiger partial charge in [0.15, 0.2) is 10.9 Å². The van der Waals surface area contributed by atoms with E-state index in [4.69, 9.17) is 9.15 Å². The highest BCUT2D eigenvalue weighted by atomic mass is 32.2. The Hall–Kier alpha value is -3.19. The van der Waals surface area contributed by atoms with Gasteiger partial charge in [0.25, 0.3) is 5.91 Å². The van der Waals surface area contributed by atoms with Crippen LogP contribution in [0.15, 0.2) is 70.5 Å². The number of nitrogens with one attached hydrogen (secondary N) is 1. The summed E-state index contributed by atoms with van der Waals surface area (Å²) in [7, 11) is 3.57. The summed E-state index contributed by atoms with van der Waals surface area (Å²) < 4.78 is 13.1. The maximum absolute atomic E-state index is 12.6. The highest BCUT2D eigenvalue weighted by molar-refractivity contribution is 7.98. The van der Waals surface area contributed by atoms with E-state index in [9.17, 15) is 4.79 Å². The second kappa shape index (κ2) is 8.45. The molecule has 2 heterocycles. The maximum Gasteiger partial charge on any atom is 0.287 e. The number of carbonyl (C=O) groups is 1. The number of rotatable bonds is 7. The first-order chi connectivity index (χ1) is 14.2. The average molecular weight is 407 g/mol. The predicted octanol–water partition coefficient (Wildman–Crippen LogP) is 4.40. The topological polar surface area (TPSA) is 69.3 Å². The molecule has 6 nitrogen and oxygen atoms in total. The molecular formula is C22H21N3O3S. The molecular weight excluding hydrogens is 386 g/mol. The van der Waals surface area contributed by atoms with E-state index in [1.807, 2.05) is 60.3 Å². The Bertz CT molecular complexity index is 1150. The number of imidazole rings is 1. The van der Waals surface area contributed by atoms with Crippen LogP contribution in [-0.4, -0.2) is 22.6 Å². The number of furan rings is 1. The zero-order chi connectivity index (χ0) is 20.2. The molecule has 0 unspecified atom stereocenters. The van der Waals surface area contributed by atoms with Crippen molar-refractivity contribution in [3.63, 3.8) is 0 Å². The Labute approximate surface area is 172 Å². The van der Waals surface area contributed by atoms with Crippen molar-refractivity contribution in [3.8, 4) is 5.75 Å². The van der Waals surface area contributed by atoms with Gasteiger partial charge in [-0.1, -0.05) is 42.1 Å². The molecule has 0 bridgehead atoms. The van der Waals surface area contributed by atoms with Crippen LogP contribution in [0.4, 0.5) is 0 Å². The van der Waals surface area contributed by atoms with Gasteiger partial charge in [-0.2, -0.15) is 0 Å². The van der Waals surface area contributed by atoms with E-state index in [0.29, 0.717) is 18.1 Å². The molecule has 2 aromatic heterocycles. The molecule has 0 saturated heterocycles. The minimum atomic E-state index is -0.256. The molecule has 0 aliphatic rings. The molecule has 2 aromatic carbocycles. The molecule has 0 aliphatic carbocycles. The number of hydrogen-bond donors (Lipinski definition) is 1. The molecule has 1 amide bonds. The van der Waals surface area contributed by atoms with Gasteiger partial charge >= 0.3 is 0 Å². The minimum absolute atomic E-state index is 0.256. The normalized spacial score (nSPS) is 11.0. The Kier molecular flexibility index (Phi) is 5.57. The van der Waals surface area contributed by atoms with Crippen LogP contribution in [0, 0.1) is 0 Å². The van der Waals surface area contributed by atoms with Crippen LogP contribution in [-0.2, 0) is 19.3 Å². The standard InChI is InChI=1S/C22H21N3O3S/c1-25-12-11-23-22(25)29-14-16-8-10-20(28-16)21(26)24-13-18-17-6-4-3-5-15(17)7-9-19(18)27-2/h3-12H,13-14H2,1-2H3,(H,24,26). The SMILES string of the molecule is COc1ccc2ccccc2c1CNC(=O)c1ccc(CSc2nccn2C)o1. The molecule has 4 rings (SSSR count). The van der Waals surface area contributed by atoms with Crippen molar-refractivity contribution in [3.05, 3.63) is 78.0 Å². The summed E-state index contributed by atoms with van der Waals surface area (Å²) in [4.78, 5) is 16.9. The van der Waals surface area contributed by atoms with Crippen LogP contribution < -0.4 is 10.1 Å². The Balaban J connectivity index is 1.44. The van der Waals surface area contributed by atoms with Crippen LogP contribution in [0.25, 0.3) is 10.8 Å². The molecule has 4 aromatic rings. The summed E-state index contributed by atoms with van der Waals surface area (Å²) in [6.07, 6.45) is 3.65. The number of hydrogen-bond acceptors (Lipinski definition) is 5. The minimum Gasteiger partial charge on any atom is -0.496 e. The van der Waals surface area contributed by atoms with Crippen molar-refractivity contribution in [2.75, 3.05) is 7.11 Å². The van der Waals surface area contributed by atoms with E-state index >= 15 is 0 Å². The number of nitrogens with zero attached hydrogens (tertiary/aromatic N) is 2. The van der Waals surface area contributed by atoms with Gasteiger partial charge in [0.05, 0.1) is 12.9 Å². The smallest absolute Gasteiger partial charge is 0.287 e. The molecule has 7 heteroatoms. The molecule has 148 valence electrons. The summed E-state index contributed by atoms with van der Waals surface area (Å²) in [6.45, 7) is 0.349. The van der Waals surface area contributed by atoms with Crippen LogP contribution in [0.3, 0.4) is 0 Å². The largest absolute Gasteiger partial charge is 0.496 e. The monoisotopic (exact) mass is 407 g/mol. The number of fused-ring (bicyclic) bond motifs is 1. The second-order valence-corrected chi connectivity index (χ2v) is 7.47. The molecule has 0 saturated carbocycles. The third-order valence-electron chi connectivity index (χ3n) is 4.65. The van der Waals surface area contributed by atoms with E-state index in [2.05, 4.69) is 10.3 Å². The van der Waals surface area contributed by atoms with E-state index in [0.717, 1.165) is 33.0 Å². The number of aryl methyl sites for hydroxylation is 1.